The fourth-order valence-corrected chi connectivity index (χ4v) is 6.00. The van der Waals surface area contributed by atoms with Crippen molar-refractivity contribution >= 4 is 15.9 Å². The van der Waals surface area contributed by atoms with Gasteiger partial charge in [-0.1, -0.05) is 0 Å². The molecule has 0 atom stereocenters. The molecule has 1 aliphatic heterocycles. The number of sulfonamides is 1. The van der Waals surface area contributed by atoms with Crippen LogP contribution in [-0.4, -0.2) is 79.2 Å². The normalized spacial score (nSPS) is 14.7. The lowest BCUT2D eigenvalue weighted by molar-refractivity contribution is -0.135. The molecule has 0 saturated carbocycles. The monoisotopic (exact) mass is 522 g/mol. The van der Waals surface area contributed by atoms with Crippen molar-refractivity contribution in [2.45, 2.75) is 24.3 Å². The van der Waals surface area contributed by atoms with E-state index in [0.717, 1.165) is 5.56 Å². The SMILES string of the molecule is COc1ccc(OC)c(S(=O)(=O)N2CCC(C(=O)N(C)Cc3cc(OC)c(OC)c(OC)c3)CC2)c1. The summed E-state index contributed by atoms with van der Waals surface area (Å²) in [6.07, 6.45) is 0.841. The van der Waals surface area contributed by atoms with Crippen LogP contribution >= 0.6 is 0 Å². The molecule has 1 amide bonds. The lowest BCUT2D eigenvalue weighted by Crippen LogP contribution is -2.43. The Morgan fingerprint density at radius 3 is 1.97 bits per heavy atom. The maximum atomic E-state index is 13.3. The summed E-state index contributed by atoms with van der Waals surface area (Å²) in [5, 5.41) is 0. The van der Waals surface area contributed by atoms with E-state index < -0.39 is 10.0 Å². The van der Waals surface area contributed by atoms with E-state index in [1.807, 2.05) is 12.1 Å². The number of hydrogen-bond donors (Lipinski definition) is 0. The minimum atomic E-state index is -3.81. The first-order chi connectivity index (χ1) is 17.2. The summed E-state index contributed by atoms with van der Waals surface area (Å²) in [6.45, 7) is 0.809. The van der Waals surface area contributed by atoms with Gasteiger partial charge in [0.1, 0.15) is 16.4 Å². The van der Waals surface area contributed by atoms with E-state index in [1.165, 1.54) is 31.7 Å². The Balaban J connectivity index is 1.69. The van der Waals surface area contributed by atoms with Gasteiger partial charge in [0.05, 0.1) is 35.5 Å². The lowest BCUT2D eigenvalue weighted by atomic mass is 9.96. The van der Waals surface area contributed by atoms with Gasteiger partial charge in [0.15, 0.2) is 11.5 Å². The molecule has 0 N–H and O–H groups in total. The fraction of sp³-hybridized carbons (Fsp3) is 0.480. The molecule has 0 aromatic heterocycles. The molecule has 0 aliphatic carbocycles. The van der Waals surface area contributed by atoms with Crippen molar-refractivity contribution in [2.75, 3.05) is 55.7 Å². The topological polar surface area (TPSA) is 104 Å². The standard InChI is InChI=1S/C25H34N2O8S/c1-26(16-17-13-21(33-4)24(35-6)22(14-17)34-5)25(28)18-9-11-27(12-10-18)36(29,30)23-15-19(31-2)7-8-20(23)32-3/h7-8,13-15,18H,9-12,16H2,1-6H3. The van der Waals surface area contributed by atoms with Crippen molar-refractivity contribution < 1.29 is 36.9 Å². The molecule has 198 valence electrons. The van der Waals surface area contributed by atoms with Gasteiger partial charge in [0, 0.05) is 38.7 Å². The maximum absolute atomic E-state index is 13.3. The van der Waals surface area contributed by atoms with E-state index in [9.17, 15) is 13.2 Å². The zero-order valence-electron chi connectivity index (χ0n) is 21.6. The number of rotatable bonds is 10. The number of methoxy groups -OCH3 is 5. The highest BCUT2D eigenvalue weighted by molar-refractivity contribution is 7.89. The average molecular weight is 523 g/mol. The summed E-state index contributed by atoms with van der Waals surface area (Å²) in [7, 11) is 5.44. The van der Waals surface area contributed by atoms with Crippen molar-refractivity contribution in [2.24, 2.45) is 5.92 Å². The van der Waals surface area contributed by atoms with Crippen molar-refractivity contribution in [3.63, 3.8) is 0 Å². The Kier molecular flexibility index (Phi) is 8.91. The van der Waals surface area contributed by atoms with E-state index in [4.69, 9.17) is 23.7 Å². The van der Waals surface area contributed by atoms with E-state index in [0.29, 0.717) is 42.4 Å². The van der Waals surface area contributed by atoms with E-state index in [-0.39, 0.29) is 35.6 Å². The van der Waals surface area contributed by atoms with Gasteiger partial charge in [0.2, 0.25) is 21.7 Å². The van der Waals surface area contributed by atoms with Gasteiger partial charge >= 0.3 is 0 Å². The zero-order valence-corrected chi connectivity index (χ0v) is 22.4. The third-order valence-corrected chi connectivity index (χ3v) is 8.23. The predicted octanol–water partition coefficient (Wildman–Crippen LogP) is 2.79. The van der Waals surface area contributed by atoms with Crippen LogP contribution in [0.3, 0.4) is 0 Å². The first kappa shape index (κ1) is 27.4. The van der Waals surface area contributed by atoms with Crippen LogP contribution in [0.2, 0.25) is 0 Å². The molecule has 0 radical (unpaired) electrons. The summed E-state index contributed by atoms with van der Waals surface area (Å²) in [6, 6.07) is 8.28. The molecule has 2 aromatic rings. The molecule has 11 heteroatoms. The highest BCUT2D eigenvalue weighted by Gasteiger charge is 2.35. The van der Waals surface area contributed by atoms with Crippen LogP contribution in [0.15, 0.2) is 35.2 Å². The van der Waals surface area contributed by atoms with E-state index >= 15 is 0 Å². The number of carbonyl (C=O) groups is 1. The molecule has 0 unspecified atom stereocenters. The molecule has 1 heterocycles. The summed E-state index contributed by atoms with van der Waals surface area (Å²) >= 11 is 0. The first-order valence-electron chi connectivity index (χ1n) is 11.5. The number of carbonyl (C=O) groups excluding carboxylic acids is 1. The minimum Gasteiger partial charge on any atom is -0.497 e. The van der Waals surface area contributed by atoms with Crippen LogP contribution in [0.4, 0.5) is 0 Å². The Morgan fingerprint density at radius 1 is 0.889 bits per heavy atom. The second kappa shape index (κ2) is 11.7. The van der Waals surface area contributed by atoms with Gasteiger partial charge in [-0.05, 0) is 42.7 Å². The van der Waals surface area contributed by atoms with Crippen molar-refractivity contribution in [1.82, 2.24) is 9.21 Å². The van der Waals surface area contributed by atoms with Gasteiger partial charge in [-0.15, -0.1) is 0 Å². The molecule has 0 spiro atoms. The van der Waals surface area contributed by atoms with Crippen LogP contribution in [0.1, 0.15) is 18.4 Å². The van der Waals surface area contributed by atoms with Crippen LogP contribution in [0.5, 0.6) is 28.7 Å². The summed E-state index contributed by atoms with van der Waals surface area (Å²) in [4.78, 5) is 14.9. The predicted molar refractivity (Wildman–Crippen MR) is 134 cm³/mol. The van der Waals surface area contributed by atoms with Crippen molar-refractivity contribution in [1.29, 1.82) is 0 Å². The minimum absolute atomic E-state index is 0.0419. The van der Waals surface area contributed by atoms with Crippen LogP contribution in [0, 0.1) is 5.92 Å². The van der Waals surface area contributed by atoms with Gasteiger partial charge in [0.25, 0.3) is 0 Å². The Hall–Kier alpha value is -3.18. The number of nitrogens with zero attached hydrogens (tertiary/aromatic N) is 2. The second-order valence-electron chi connectivity index (χ2n) is 8.42. The molecule has 1 fully saturated rings. The summed E-state index contributed by atoms with van der Waals surface area (Å²) in [5.74, 6) is 1.86. The number of piperidine rings is 1. The highest BCUT2D eigenvalue weighted by Crippen LogP contribution is 2.38. The van der Waals surface area contributed by atoms with Gasteiger partial charge < -0.3 is 28.6 Å². The number of amides is 1. The molecule has 36 heavy (non-hydrogen) atoms. The fourth-order valence-electron chi connectivity index (χ4n) is 4.36. The molecule has 1 aliphatic rings. The van der Waals surface area contributed by atoms with Gasteiger partial charge in [-0.2, -0.15) is 4.31 Å². The number of benzene rings is 2. The maximum Gasteiger partial charge on any atom is 0.246 e. The number of hydrogen-bond acceptors (Lipinski definition) is 8. The van der Waals surface area contributed by atoms with Crippen molar-refractivity contribution in [3.8, 4) is 28.7 Å². The Morgan fingerprint density at radius 2 is 1.47 bits per heavy atom. The molecule has 3 rings (SSSR count). The molecule has 0 bridgehead atoms. The third-order valence-electron chi connectivity index (χ3n) is 6.31. The average Bonchev–Trinajstić information content (AvgIpc) is 2.91. The van der Waals surface area contributed by atoms with Crippen molar-refractivity contribution in [3.05, 3.63) is 35.9 Å². The summed E-state index contributed by atoms with van der Waals surface area (Å²) < 4.78 is 54.7. The Labute approximate surface area is 212 Å². The third kappa shape index (κ3) is 5.62. The molecular formula is C25H34N2O8S. The molecule has 10 nitrogen and oxygen atoms in total. The van der Waals surface area contributed by atoms with Crippen LogP contribution in [0.25, 0.3) is 0 Å². The smallest absolute Gasteiger partial charge is 0.246 e. The number of ether oxygens (including phenoxy) is 5. The first-order valence-corrected chi connectivity index (χ1v) is 12.9. The zero-order chi connectivity index (χ0) is 26.5. The van der Waals surface area contributed by atoms with Crippen LogP contribution in [-0.2, 0) is 21.4 Å². The lowest BCUT2D eigenvalue weighted by Gasteiger charge is -2.33. The van der Waals surface area contributed by atoms with E-state index in [2.05, 4.69) is 0 Å². The molecular weight excluding hydrogens is 488 g/mol. The van der Waals surface area contributed by atoms with Gasteiger partial charge in [-0.3, -0.25) is 4.79 Å². The largest absolute Gasteiger partial charge is 0.497 e. The molecule has 1 saturated heterocycles. The Bertz CT molecular complexity index is 1150. The quantitative estimate of drug-likeness (QED) is 0.469. The molecule has 2 aromatic carbocycles. The summed E-state index contributed by atoms with van der Waals surface area (Å²) in [5.41, 5.74) is 0.825. The highest BCUT2D eigenvalue weighted by atomic mass is 32.2. The van der Waals surface area contributed by atoms with Crippen LogP contribution < -0.4 is 23.7 Å². The van der Waals surface area contributed by atoms with E-state index in [1.54, 1.807) is 38.3 Å². The van der Waals surface area contributed by atoms with Gasteiger partial charge in [-0.25, -0.2) is 8.42 Å². The second-order valence-corrected chi connectivity index (χ2v) is 10.3.